The minimum Gasteiger partial charge on any atom is -1.00 e. The van der Waals surface area contributed by atoms with Crippen LogP contribution in [0.25, 0.3) is 0 Å². The zero-order valence-corrected chi connectivity index (χ0v) is 17.3. The molecule has 0 aliphatic heterocycles. The summed E-state index contributed by atoms with van der Waals surface area (Å²) in [4.78, 5) is 35.0. The first-order valence-electron chi connectivity index (χ1n) is 2.83. The van der Waals surface area contributed by atoms with Gasteiger partial charge in [0.15, 0.2) is 0 Å². The molecule has 15 heavy (non-hydrogen) atoms. The van der Waals surface area contributed by atoms with Gasteiger partial charge in [0.2, 0.25) is 5.52 Å². The molecule has 80 valence electrons. The molecule has 0 bridgehead atoms. The summed E-state index contributed by atoms with van der Waals surface area (Å²) in [5.74, 6) is 0. The standard InChI is InChI=1S/C3H11NO6P2.3Na.3H/c1-4(2)3(11(5,6)7)12(8,9)10;;;;;;/h3H,1-2H3,(H2,5,6,7)(H2,8,9,10);;;;;;/q;3*+1;3*-1. The van der Waals surface area contributed by atoms with Crippen molar-refractivity contribution < 1.29 is 122 Å². The smallest absolute Gasteiger partial charge is 1.00 e. The Hall–Kier alpha value is 3.26. The molecule has 0 atom stereocenters. The molecule has 0 heterocycles. The summed E-state index contributed by atoms with van der Waals surface area (Å²) in [7, 11) is -7.21. The van der Waals surface area contributed by atoms with E-state index in [1.165, 1.54) is 14.1 Å². The maximum atomic E-state index is 10.6. The second kappa shape index (κ2) is 10.1. The largest absolute Gasteiger partial charge is 1.00 e. The summed E-state index contributed by atoms with van der Waals surface area (Å²) in [5, 5.41) is 0. The molecule has 0 radical (unpaired) electrons. The number of rotatable bonds is 3. The van der Waals surface area contributed by atoms with Gasteiger partial charge in [-0.05, 0) is 14.1 Å². The average Bonchev–Trinajstić information content (AvgIpc) is 1.49. The molecule has 0 unspecified atom stereocenters. The van der Waals surface area contributed by atoms with Gasteiger partial charge in [-0.2, -0.15) is 0 Å². The maximum Gasteiger partial charge on any atom is 1.00 e. The summed E-state index contributed by atoms with van der Waals surface area (Å²) >= 11 is 0. The van der Waals surface area contributed by atoms with Crippen molar-refractivity contribution >= 4 is 15.2 Å². The van der Waals surface area contributed by atoms with Crippen molar-refractivity contribution in [1.29, 1.82) is 0 Å². The topological polar surface area (TPSA) is 118 Å². The second-order valence-corrected chi connectivity index (χ2v) is 6.23. The zero-order chi connectivity index (χ0) is 10.2. The first-order chi connectivity index (χ1) is 5.07. The minimum atomic E-state index is -4.79. The molecule has 4 N–H and O–H groups in total. The fraction of sp³-hybridized carbons (Fsp3) is 1.00. The first kappa shape index (κ1) is 26.8. The number of nitrogens with zero attached hydrogens (tertiary/aromatic N) is 1. The van der Waals surface area contributed by atoms with Gasteiger partial charge in [0, 0.05) is 0 Å². The molecule has 0 aromatic heterocycles. The van der Waals surface area contributed by atoms with E-state index in [-0.39, 0.29) is 93.0 Å². The third kappa shape index (κ3) is 10.8. The van der Waals surface area contributed by atoms with Gasteiger partial charge >= 0.3 is 104 Å². The average molecular weight is 291 g/mol. The van der Waals surface area contributed by atoms with Crippen LogP contribution in [0, 0.1) is 0 Å². The van der Waals surface area contributed by atoms with Crippen molar-refractivity contribution in [3.8, 4) is 0 Å². The SMILES string of the molecule is CN(C)C(P(=O)(O)O)P(=O)(O)O.[H-].[H-].[H-].[Na+].[Na+].[Na+]. The normalized spacial score (nSPS) is 11.5. The Morgan fingerprint density at radius 1 is 0.933 bits per heavy atom. The van der Waals surface area contributed by atoms with E-state index in [9.17, 15) is 9.13 Å². The van der Waals surface area contributed by atoms with Crippen LogP contribution in [-0.4, -0.2) is 44.1 Å². The third-order valence-corrected chi connectivity index (χ3v) is 5.00. The van der Waals surface area contributed by atoms with Gasteiger partial charge in [-0.25, -0.2) is 0 Å². The van der Waals surface area contributed by atoms with Crippen LogP contribution in [0.5, 0.6) is 0 Å². The van der Waals surface area contributed by atoms with Crippen molar-refractivity contribution in [3.63, 3.8) is 0 Å². The third-order valence-electron chi connectivity index (χ3n) is 1.06. The van der Waals surface area contributed by atoms with Gasteiger partial charge in [-0.15, -0.1) is 0 Å². The predicted octanol–water partition coefficient (Wildman–Crippen LogP) is -9.46. The molecular weight excluding hydrogens is 277 g/mol. The van der Waals surface area contributed by atoms with E-state index in [1.54, 1.807) is 0 Å². The van der Waals surface area contributed by atoms with E-state index in [4.69, 9.17) is 19.6 Å². The van der Waals surface area contributed by atoms with Crippen LogP contribution in [-0.2, 0) is 9.13 Å². The molecule has 0 rings (SSSR count). The molecule has 0 aliphatic carbocycles. The number of hydrogen-bond donors (Lipinski definition) is 4. The molecule has 0 aromatic rings. The van der Waals surface area contributed by atoms with Gasteiger partial charge in [-0.1, -0.05) is 0 Å². The van der Waals surface area contributed by atoms with Crippen molar-refractivity contribution in [2.45, 2.75) is 5.52 Å². The quantitative estimate of drug-likeness (QED) is 0.301. The van der Waals surface area contributed by atoms with Crippen molar-refractivity contribution in [1.82, 2.24) is 4.90 Å². The van der Waals surface area contributed by atoms with Gasteiger partial charge in [0.05, 0.1) is 0 Å². The van der Waals surface area contributed by atoms with Crippen LogP contribution < -0.4 is 88.7 Å². The fourth-order valence-electron chi connectivity index (χ4n) is 0.798. The van der Waals surface area contributed by atoms with Gasteiger partial charge in [0.1, 0.15) is 0 Å². The summed E-state index contributed by atoms with van der Waals surface area (Å²) in [5.41, 5.74) is -2.05. The van der Waals surface area contributed by atoms with Crippen LogP contribution in [0.15, 0.2) is 0 Å². The van der Waals surface area contributed by atoms with E-state index in [0.717, 1.165) is 4.90 Å². The molecule has 0 saturated carbocycles. The van der Waals surface area contributed by atoms with Crippen molar-refractivity contribution in [2.75, 3.05) is 14.1 Å². The van der Waals surface area contributed by atoms with Crippen LogP contribution >= 0.6 is 15.2 Å². The molecule has 7 nitrogen and oxygen atoms in total. The van der Waals surface area contributed by atoms with Crippen LogP contribution in [0.4, 0.5) is 0 Å². The Bertz CT molecular complexity index is 240. The Morgan fingerprint density at radius 2 is 1.13 bits per heavy atom. The van der Waals surface area contributed by atoms with E-state index < -0.39 is 20.7 Å². The summed E-state index contributed by atoms with van der Waals surface area (Å²) in [6.45, 7) is 0. The molecule has 0 aliphatic rings. The van der Waals surface area contributed by atoms with Gasteiger partial charge < -0.3 is 23.9 Å². The zero-order valence-electron chi connectivity index (χ0n) is 12.5. The maximum absolute atomic E-state index is 10.6. The Balaban J connectivity index is -0.0000000403. The van der Waals surface area contributed by atoms with Gasteiger partial charge in [-0.3, -0.25) is 14.0 Å². The fourth-order valence-corrected chi connectivity index (χ4v) is 3.57. The Morgan fingerprint density at radius 3 is 1.13 bits per heavy atom. The van der Waals surface area contributed by atoms with E-state index in [0.29, 0.717) is 0 Å². The Labute approximate surface area is 159 Å². The Kier molecular flexibility index (Phi) is 18.0. The molecular formula is C3H14NNa3O6P2. The second-order valence-electron chi connectivity index (χ2n) is 2.49. The summed E-state index contributed by atoms with van der Waals surface area (Å²) in [6, 6.07) is 0. The summed E-state index contributed by atoms with van der Waals surface area (Å²) < 4.78 is 21.2. The van der Waals surface area contributed by atoms with Crippen molar-refractivity contribution in [3.05, 3.63) is 0 Å². The van der Waals surface area contributed by atoms with E-state index in [1.807, 2.05) is 0 Å². The molecule has 0 spiro atoms. The molecule has 0 amide bonds. The first-order valence-corrected chi connectivity index (χ1v) is 6.20. The van der Waals surface area contributed by atoms with Gasteiger partial charge in [0.25, 0.3) is 0 Å². The number of hydrogen-bond acceptors (Lipinski definition) is 3. The molecule has 0 fully saturated rings. The molecule has 0 aromatic carbocycles. The van der Waals surface area contributed by atoms with E-state index >= 15 is 0 Å². The van der Waals surface area contributed by atoms with Crippen LogP contribution in [0.3, 0.4) is 0 Å². The van der Waals surface area contributed by atoms with Crippen molar-refractivity contribution in [2.24, 2.45) is 0 Å². The predicted molar refractivity (Wildman–Crippen MR) is 44.9 cm³/mol. The molecule has 0 saturated heterocycles. The minimum absolute atomic E-state index is 0. The summed E-state index contributed by atoms with van der Waals surface area (Å²) in [6.07, 6.45) is 0. The monoisotopic (exact) mass is 291 g/mol. The van der Waals surface area contributed by atoms with E-state index in [2.05, 4.69) is 0 Å². The molecule has 12 heteroatoms. The van der Waals surface area contributed by atoms with Crippen LogP contribution in [0.2, 0.25) is 0 Å². The van der Waals surface area contributed by atoms with Crippen LogP contribution in [0.1, 0.15) is 4.28 Å².